The Morgan fingerprint density at radius 3 is 2.72 bits per heavy atom. The number of nitrogens with one attached hydrogen (secondary N) is 1. The molecule has 94 valence electrons. The minimum Gasteiger partial charge on any atom is -0.496 e. The van der Waals surface area contributed by atoms with Gasteiger partial charge >= 0.3 is 0 Å². The van der Waals surface area contributed by atoms with Crippen LogP contribution in [0.4, 0.5) is 5.69 Å². The maximum Gasteiger partial charge on any atom is 0.265 e. The lowest BCUT2D eigenvalue weighted by Gasteiger charge is -2.08. The maximum atomic E-state index is 11.9. The van der Waals surface area contributed by atoms with Gasteiger partial charge < -0.3 is 10.1 Å². The summed E-state index contributed by atoms with van der Waals surface area (Å²) in [6, 6.07) is 7.29. The number of carbonyl (C=O) groups is 1. The standard InChI is InChI=1S/C13H13NO2S2/c1-8-5-9(3-4-11(8)16-2)14-13(15)12-6-10(17)7-18-12/h3-7,17H,1-2H3,(H,14,15). The highest BCUT2D eigenvalue weighted by molar-refractivity contribution is 7.80. The van der Waals surface area contributed by atoms with E-state index in [4.69, 9.17) is 4.74 Å². The zero-order valence-corrected chi connectivity index (χ0v) is 11.8. The Labute approximate surface area is 115 Å². The van der Waals surface area contributed by atoms with Gasteiger partial charge in [0.05, 0.1) is 12.0 Å². The summed E-state index contributed by atoms with van der Waals surface area (Å²) >= 11 is 5.56. The number of thiol groups is 1. The number of benzene rings is 1. The molecule has 2 rings (SSSR count). The Balaban J connectivity index is 2.14. The highest BCUT2D eigenvalue weighted by Gasteiger charge is 2.09. The molecule has 0 saturated heterocycles. The van der Waals surface area contributed by atoms with Gasteiger partial charge in [0.1, 0.15) is 5.75 Å². The van der Waals surface area contributed by atoms with Crippen molar-refractivity contribution in [3.05, 3.63) is 40.1 Å². The number of carbonyl (C=O) groups excluding carboxylic acids is 1. The fourth-order valence-electron chi connectivity index (χ4n) is 1.59. The first kappa shape index (κ1) is 13.0. The molecule has 0 spiro atoms. The molecule has 1 aromatic heterocycles. The summed E-state index contributed by atoms with van der Waals surface area (Å²) in [4.78, 5) is 13.4. The molecule has 0 aliphatic heterocycles. The van der Waals surface area contributed by atoms with Crippen LogP contribution in [0.2, 0.25) is 0 Å². The molecule has 1 aromatic carbocycles. The van der Waals surface area contributed by atoms with Crippen molar-refractivity contribution in [3.8, 4) is 5.75 Å². The van der Waals surface area contributed by atoms with Crippen molar-refractivity contribution in [2.45, 2.75) is 11.8 Å². The third kappa shape index (κ3) is 2.86. The molecule has 0 radical (unpaired) electrons. The van der Waals surface area contributed by atoms with Crippen LogP contribution < -0.4 is 10.1 Å². The Morgan fingerprint density at radius 2 is 2.17 bits per heavy atom. The van der Waals surface area contributed by atoms with Crippen LogP contribution in [0.5, 0.6) is 5.75 Å². The van der Waals surface area contributed by atoms with Gasteiger partial charge in [-0.1, -0.05) is 0 Å². The van der Waals surface area contributed by atoms with Gasteiger partial charge in [-0.15, -0.1) is 24.0 Å². The number of thiophene rings is 1. The van der Waals surface area contributed by atoms with Gasteiger partial charge in [-0.2, -0.15) is 0 Å². The number of hydrogen-bond acceptors (Lipinski definition) is 4. The number of anilines is 1. The molecule has 1 N–H and O–H groups in total. The molecule has 1 heterocycles. The van der Waals surface area contributed by atoms with Gasteiger partial charge in [-0.25, -0.2) is 0 Å². The molecule has 0 saturated carbocycles. The SMILES string of the molecule is COc1ccc(NC(=O)c2cc(S)cs2)cc1C. The highest BCUT2D eigenvalue weighted by Crippen LogP contribution is 2.23. The van der Waals surface area contributed by atoms with Gasteiger partial charge in [0.15, 0.2) is 0 Å². The van der Waals surface area contributed by atoms with E-state index < -0.39 is 0 Å². The van der Waals surface area contributed by atoms with Crippen molar-refractivity contribution in [3.63, 3.8) is 0 Å². The second kappa shape index (κ2) is 5.46. The number of aryl methyl sites for hydroxylation is 1. The van der Waals surface area contributed by atoms with Crippen LogP contribution >= 0.6 is 24.0 Å². The lowest BCUT2D eigenvalue weighted by Crippen LogP contribution is -2.10. The smallest absolute Gasteiger partial charge is 0.265 e. The highest BCUT2D eigenvalue weighted by atomic mass is 32.1. The predicted molar refractivity (Wildman–Crippen MR) is 77.3 cm³/mol. The third-order valence-electron chi connectivity index (χ3n) is 2.46. The Kier molecular flexibility index (Phi) is 3.93. The molecule has 0 unspecified atom stereocenters. The molecule has 5 heteroatoms. The van der Waals surface area contributed by atoms with Gasteiger partial charge in [-0.3, -0.25) is 4.79 Å². The van der Waals surface area contributed by atoms with Gasteiger partial charge in [0.25, 0.3) is 5.91 Å². The van der Waals surface area contributed by atoms with Crippen LogP contribution in [0.15, 0.2) is 34.5 Å². The Bertz CT molecular complexity index is 578. The number of amides is 1. The molecule has 0 aliphatic rings. The lowest BCUT2D eigenvalue weighted by atomic mass is 10.2. The summed E-state index contributed by atoms with van der Waals surface area (Å²) in [5, 5.41) is 4.68. The topological polar surface area (TPSA) is 38.3 Å². The number of methoxy groups -OCH3 is 1. The summed E-state index contributed by atoms with van der Waals surface area (Å²) < 4.78 is 5.17. The maximum absolute atomic E-state index is 11.9. The van der Waals surface area contributed by atoms with E-state index in [0.29, 0.717) is 4.88 Å². The number of hydrogen-bond donors (Lipinski definition) is 2. The van der Waals surface area contributed by atoms with Gasteiger partial charge in [-0.05, 0) is 36.8 Å². The predicted octanol–water partition coefficient (Wildman–Crippen LogP) is 3.61. The monoisotopic (exact) mass is 279 g/mol. The summed E-state index contributed by atoms with van der Waals surface area (Å²) in [5.74, 6) is 0.687. The van der Waals surface area contributed by atoms with E-state index in [1.54, 1.807) is 13.2 Å². The second-order valence-electron chi connectivity index (χ2n) is 3.81. The van der Waals surface area contributed by atoms with E-state index in [9.17, 15) is 4.79 Å². The molecule has 18 heavy (non-hydrogen) atoms. The van der Waals surface area contributed by atoms with Crippen molar-refractivity contribution >= 4 is 35.6 Å². The van der Waals surface area contributed by atoms with E-state index >= 15 is 0 Å². The van der Waals surface area contributed by atoms with Crippen LogP contribution in [0, 0.1) is 6.92 Å². The first-order chi connectivity index (χ1) is 8.60. The Hall–Kier alpha value is -1.46. The molecule has 1 amide bonds. The largest absolute Gasteiger partial charge is 0.496 e. The number of ether oxygens (including phenoxy) is 1. The quantitative estimate of drug-likeness (QED) is 0.842. The first-order valence-electron chi connectivity index (χ1n) is 5.33. The van der Waals surface area contributed by atoms with Crippen molar-refractivity contribution in [1.82, 2.24) is 0 Å². The molecule has 0 bridgehead atoms. The fraction of sp³-hybridized carbons (Fsp3) is 0.154. The summed E-state index contributed by atoms with van der Waals surface area (Å²) in [7, 11) is 1.63. The Morgan fingerprint density at radius 1 is 1.39 bits per heavy atom. The molecular weight excluding hydrogens is 266 g/mol. The zero-order chi connectivity index (χ0) is 13.1. The van der Waals surface area contributed by atoms with E-state index in [1.165, 1.54) is 11.3 Å². The van der Waals surface area contributed by atoms with Crippen molar-refractivity contribution in [1.29, 1.82) is 0 Å². The van der Waals surface area contributed by atoms with Crippen molar-refractivity contribution in [2.75, 3.05) is 12.4 Å². The molecule has 2 aromatic rings. The van der Waals surface area contributed by atoms with Crippen molar-refractivity contribution < 1.29 is 9.53 Å². The van der Waals surface area contributed by atoms with Crippen LogP contribution in [-0.2, 0) is 0 Å². The summed E-state index contributed by atoms with van der Waals surface area (Å²) in [6.45, 7) is 1.94. The van der Waals surface area contributed by atoms with Crippen molar-refractivity contribution in [2.24, 2.45) is 0 Å². The molecule has 0 fully saturated rings. The molecular formula is C13H13NO2S2. The van der Waals surface area contributed by atoms with Crippen LogP contribution in [0.1, 0.15) is 15.2 Å². The van der Waals surface area contributed by atoms with E-state index in [-0.39, 0.29) is 5.91 Å². The molecule has 0 aliphatic carbocycles. The zero-order valence-electron chi connectivity index (χ0n) is 10.1. The van der Waals surface area contributed by atoms with Gasteiger partial charge in [0, 0.05) is 16.0 Å². The normalized spacial score (nSPS) is 10.2. The third-order valence-corrected chi connectivity index (χ3v) is 3.82. The van der Waals surface area contributed by atoms with Gasteiger partial charge in [0.2, 0.25) is 0 Å². The van der Waals surface area contributed by atoms with E-state index in [2.05, 4.69) is 17.9 Å². The van der Waals surface area contributed by atoms with Crippen LogP contribution in [-0.4, -0.2) is 13.0 Å². The minimum absolute atomic E-state index is 0.120. The minimum atomic E-state index is -0.120. The average molecular weight is 279 g/mol. The summed E-state index contributed by atoms with van der Waals surface area (Å²) in [5.41, 5.74) is 1.74. The van der Waals surface area contributed by atoms with Crippen LogP contribution in [0.3, 0.4) is 0 Å². The fourth-order valence-corrected chi connectivity index (χ4v) is 2.64. The summed E-state index contributed by atoms with van der Waals surface area (Å²) in [6.07, 6.45) is 0. The second-order valence-corrected chi connectivity index (χ2v) is 5.24. The first-order valence-corrected chi connectivity index (χ1v) is 6.66. The van der Waals surface area contributed by atoms with E-state index in [0.717, 1.165) is 21.9 Å². The molecule has 0 atom stereocenters. The van der Waals surface area contributed by atoms with E-state index in [1.807, 2.05) is 30.5 Å². The number of rotatable bonds is 3. The lowest BCUT2D eigenvalue weighted by molar-refractivity contribution is 0.103. The molecule has 3 nitrogen and oxygen atoms in total. The average Bonchev–Trinajstić information content (AvgIpc) is 2.76. The van der Waals surface area contributed by atoms with Crippen LogP contribution in [0.25, 0.3) is 0 Å².